The van der Waals surface area contributed by atoms with E-state index in [1.54, 1.807) is 0 Å². The first-order valence-corrected chi connectivity index (χ1v) is 6.70. The Kier molecular flexibility index (Phi) is 6.52. The van der Waals surface area contributed by atoms with Gasteiger partial charge in [-0.1, -0.05) is 0 Å². The molecule has 1 amide bonds. The van der Waals surface area contributed by atoms with Crippen LogP contribution in [0.3, 0.4) is 0 Å². The molecule has 100 valence electrons. The summed E-state index contributed by atoms with van der Waals surface area (Å²) < 4.78 is 5.34. The molecule has 0 spiro atoms. The van der Waals surface area contributed by atoms with Crippen LogP contribution in [0.25, 0.3) is 0 Å². The van der Waals surface area contributed by atoms with Crippen LogP contribution >= 0.6 is 0 Å². The van der Waals surface area contributed by atoms with E-state index in [1.165, 1.54) is 0 Å². The van der Waals surface area contributed by atoms with E-state index in [2.05, 4.69) is 17.6 Å². The maximum Gasteiger partial charge on any atom is 0.221 e. The molecule has 0 bridgehead atoms. The van der Waals surface area contributed by atoms with Gasteiger partial charge >= 0.3 is 0 Å². The molecule has 0 aromatic carbocycles. The van der Waals surface area contributed by atoms with Crippen molar-refractivity contribution in [3.63, 3.8) is 0 Å². The Morgan fingerprint density at radius 2 is 1.94 bits per heavy atom. The third-order valence-corrected chi connectivity index (χ3v) is 3.24. The second-order valence-electron chi connectivity index (χ2n) is 5.16. The van der Waals surface area contributed by atoms with Crippen LogP contribution in [0.4, 0.5) is 0 Å². The van der Waals surface area contributed by atoms with E-state index in [0.29, 0.717) is 18.4 Å². The second kappa shape index (κ2) is 7.67. The lowest BCUT2D eigenvalue weighted by molar-refractivity contribution is -0.121. The van der Waals surface area contributed by atoms with Gasteiger partial charge in [0, 0.05) is 38.3 Å². The number of carbonyl (C=O) groups excluding carboxylic acids is 1. The lowest BCUT2D eigenvalue weighted by atomic mass is 9.93. The number of amides is 1. The fourth-order valence-electron chi connectivity index (χ4n) is 2.19. The minimum atomic E-state index is 0.131. The van der Waals surface area contributed by atoms with Gasteiger partial charge in [0.1, 0.15) is 0 Å². The maximum atomic E-state index is 11.4. The highest BCUT2D eigenvalue weighted by Gasteiger charge is 2.19. The molecule has 4 nitrogen and oxygen atoms in total. The number of ether oxygens (including phenoxy) is 1. The lowest BCUT2D eigenvalue weighted by Crippen LogP contribution is -2.39. The first kappa shape index (κ1) is 14.5. The van der Waals surface area contributed by atoms with Crippen molar-refractivity contribution in [2.75, 3.05) is 19.8 Å². The van der Waals surface area contributed by atoms with E-state index >= 15 is 0 Å². The van der Waals surface area contributed by atoms with Gasteiger partial charge in [0.05, 0.1) is 0 Å². The van der Waals surface area contributed by atoms with Gasteiger partial charge in [0.15, 0.2) is 0 Å². The molecular weight excluding hydrogens is 216 g/mol. The predicted octanol–water partition coefficient (Wildman–Crippen LogP) is 1.31. The van der Waals surface area contributed by atoms with Gasteiger partial charge in [-0.2, -0.15) is 0 Å². The lowest BCUT2D eigenvalue weighted by Gasteiger charge is -2.28. The fourth-order valence-corrected chi connectivity index (χ4v) is 2.19. The van der Waals surface area contributed by atoms with Crippen LogP contribution in [0, 0.1) is 5.92 Å². The summed E-state index contributed by atoms with van der Waals surface area (Å²) >= 11 is 0. The molecule has 1 saturated heterocycles. The van der Waals surface area contributed by atoms with Crippen LogP contribution in [0.2, 0.25) is 0 Å². The van der Waals surface area contributed by atoms with E-state index in [9.17, 15) is 4.79 Å². The van der Waals surface area contributed by atoms with E-state index < -0.39 is 0 Å². The summed E-state index contributed by atoms with van der Waals surface area (Å²) in [5.74, 6) is 0.823. The average molecular weight is 242 g/mol. The minimum absolute atomic E-state index is 0.131. The van der Waals surface area contributed by atoms with Crippen molar-refractivity contribution in [1.29, 1.82) is 0 Å². The monoisotopic (exact) mass is 242 g/mol. The molecule has 0 saturated carbocycles. The first-order valence-electron chi connectivity index (χ1n) is 6.70. The van der Waals surface area contributed by atoms with Crippen LogP contribution in [0.5, 0.6) is 0 Å². The summed E-state index contributed by atoms with van der Waals surface area (Å²) in [6.07, 6.45) is 2.82. The smallest absolute Gasteiger partial charge is 0.221 e. The van der Waals surface area contributed by atoms with Gasteiger partial charge in [-0.3, -0.25) is 4.79 Å². The number of nitrogens with one attached hydrogen (secondary N) is 2. The number of rotatable bonds is 6. The molecule has 0 aliphatic carbocycles. The summed E-state index contributed by atoms with van der Waals surface area (Å²) in [5.41, 5.74) is 0. The van der Waals surface area contributed by atoms with Crippen molar-refractivity contribution < 1.29 is 9.53 Å². The Balaban J connectivity index is 2.10. The van der Waals surface area contributed by atoms with Gasteiger partial charge in [0.25, 0.3) is 0 Å². The van der Waals surface area contributed by atoms with Gasteiger partial charge in [0.2, 0.25) is 5.91 Å². The Bertz CT molecular complexity index is 225. The zero-order valence-electron chi connectivity index (χ0n) is 11.3. The summed E-state index contributed by atoms with van der Waals surface area (Å²) in [6.45, 7) is 8.69. The summed E-state index contributed by atoms with van der Waals surface area (Å²) in [5, 5.41) is 6.34. The quantitative estimate of drug-likeness (QED) is 0.738. The molecule has 2 N–H and O–H groups in total. The Hall–Kier alpha value is -0.610. The average Bonchev–Trinajstić information content (AvgIpc) is 2.29. The molecule has 1 unspecified atom stereocenters. The van der Waals surface area contributed by atoms with Gasteiger partial charge in [-0.25, -0.2) is 0 Å². The normalized spacial score (nSPS) is 19.3. The number of hydrogen-bond donors (Lipinski definition) is 2. The number of hydrogen-bond acceptors (Lipinski definition) is 3. The summed E-state index contributed by atoms with van der Waals surface area (Å²) in [7, 11) is 0. The van der Waals surface area contributed by atoms with Crippen LogP contribution < -0.4 is 10.6 Å². The van der Waals surface area contributed by atoms with Gasteiger partial charge < -0.3 is 15.4 Å². The number of carbonyl (C=O) groups is 1. The van der Waals surface area contributed by atoms with Crippen molar-refractivity contribution >= 4 is 5.91 Å². The fraction of sp³-hybridized carbons (Fsp3) is 0.923. The third-order valence-electron chi connectivity index (χ3n) is 3.24. The molecule has 0 aromatic heterocycles. The molecule has 1 fully saturated rings. The molecule has 4 heteroatoms. The van der Waals surface area contributed by atoms with Crippen LogP contribution in [0.15, 0.2) is 0 Å². The van der Waals surface area contributed by atoms with E-state index in [0.717, 1.165) is 32.6 Å². The van der Waals surface area contributed by atoms with Crippen molar-refractivity contribution in [2.45, 2.75) is 52.1 Å². The highest BCUT2D eigenvalue weighted by atomic mass is 16.5. The van der Waals surface area contributed by atoms with E-state index in [-0.39, 0.29) is 11.9 Å². The molecule has 0 radical (unpaired) electrons. The standard InChI is InChI=1S/C13H26N2O2/c1-10(2)15-13(16)4-7-14-11(3)12-5-8-17-9-6-12/h10-12,14H,4-9H2,1-3H3,(H,15,16). The topological polar surface area (TPSA) is 50.4 Å². The van der Waals surface area contributed by atoms with Crippen molar-refractivity contribution in [2.24, 2.45) is 5.92 Å². The van der Waals surface area contributed by atoms with E-state index in [1.807, 2.05) is 13.8 Å². The Morgan fingerprint density at radius 1 is 1.29 bits per heavy atom. The second-order valence-corrected chi connectivity index (χ2v) is 5.16. The molecule has 1 atom stereocenters. The molecule has 17 heavy (non-hydrogen) atoms. The highest BCUT2D eigenvalue weighted by Crippen LogP contribution is 2.18. The molecule has 0 aromatic rings. The minimum Gasteiger partial charge on any atom is -0.381 e. The largest absolute Gasteiger partial charge is 0.381 e. The Labute approximate surface area is 104 Å². The van der Waals surface area contributed by atoms with Gasteiger partial charge in [-0.15, -0.1) is 0 Å². The molecule has 1 heterocycles. The van der Waals surface area contributed by atoms with Crippen LogP contribution in [-0.2, 0) is 9.53 Å². The van der Waals surface area contributed by atoms with Crippen molar-refractivity contribution in [1.82, 2.24) is 10.6 Å². The zero-order chi connectivity index (χ0) is 12.7. The Morgan fingerprint density at radius 3 is 2.53 bits per heavy atom. The summed E-state index contributed by atoms with van der Waals surface area (Å²) in [4.78, 5) is 11.4. The highest BCUT2D eigenvalue weighted by molar-refractivity contribution is 5.76. The molecule has 1 aliphatic heterocycles. The predicted molar refractivity (Wildman–Crippen MR) is 68.9 cm³/mol. The van der Waals surface area contributed by atoms with Crippen LogP contribution in [-0.4, -0.2) is 37.7 Å². The SMILES string of the molecule is CC(C)NC(=O)CCNC(C)C1CCOCC1. The van der Waals surface area contributed by atoms with Crippen molar-refractivity contribution in [3.05, 3.63) is 0 Å². The molecule has 1 aliphatic rings. The maximum absolute atomic E-state index is 11.4. The third kappa shape index (κ3) is 6.03. The van der Waals surface area contributed by atoms with E-state index in [4.69, 9.17) is 4.74 Å². The molecule has 1 rings (SSSR count). The molecular formula is C13H26N2O2. The first-order chi connectivity index (χ1) is 8.09. The van der Waals surface area contributed by atoms with Gasteiger partial charge in [-0.05, 0) is 39.5 Å². The zero-order valence-corrected chi connectivity index (χ0v) is 11.3. The summed E-state index contributed by atoms with van der Waals surface area (Å²) in [6, 6.07) is 0.709. The van der Waals surface area contributed by atoms with Crippen molar-refractivity contribution in [3.8, 4) is 0 Å². The van der Waals surface area contributed by atoms with Crippen LogP contribution in [0.1, 0.15) is 40.0 Å².